The molecule has 2 aliphatic rings. The number of carbonyl (C=O) groups is 3. The van der Waals surface area contributed by atoms with Crippen LogP contribution in [-0.2, 0) is 23.9 Å². The Labute approximate surface area is 225 Å². The van der Waals surface area contributed by atoms with E-state index in [4.69, 9.17) is 14.2 Å². The lowest BCUT2D eigenvalue weighted by atomic mass is 9.67. The number of dihydropyridines is 1. The Balaban J connectivity index is 1.87. The highest BCUT2D eigenvalue weighted by Crippen LogP contribution is 2.48. The largest absolute Gasteiger partial charge is 0.497 e. The van der Waals surface area contributed by atoms with Gasteiger partial charge in [-0.2, -0.15) is 0 Å². The lowest BCUT2D eigenvalue weighted by Gasteiger charge is -2.39. The van der Waals surface area contributed by atoms with Crippen LogP contribution in [0.4, 0.5) is 0 Å². The highest BCUT2D eigenvalue weighted by molar-refractivity contribution is 9.10. The van der Waals surface area contributed by atoms with E-state index in [2.05, 4.69) is 21.2 Å². The third-order valence-electron chi connectivity index (χ3n) is 6.80. The van der Waals surface area contributed by atoms with Gasteiger partial charge in [0.05, 0.1) is 25.9 Å². The summed E-state index contributed by atoms with van der Waals surface area (Å²) in [5.41, 5.74) is 3.68. The van der Waals surface area contributed by atoms with Crippen molar-refractivity contribution in [3.63, 3.8) is 0 Å². The van der Waals surface area contributed by atoms with Crippen LogP contribution in [0.5, 0.6) is 5.75 Å². The van der Waals surface area contributed by atoms with Gasteiger partial charge in [-0.15, -0.1) is 0 Å². The van der Waals surface area contributed by atoms with Gasteiger partial charge in [0, 0.05) is 33.3 Å². The second kappa shape index (κ2) is 11.3. The Morgan fingerprint density at radius 2 is 1.59 bits per heavy atom. The first-order valence-electron chi connectivity index (χ1n) is 12.3. The van der Waals surface area contributed by atoms with Crippen molar-refractivity contribution in [2.75, 3.05) is 20.3 Å². The number of allylic oxidation sites excluding steroid dienone is 3. The second-order valence-corrected chi connectivity index (χ2v) is 9.85. The van der Waals surface area contributed by atoms with Crippen molar-refractivity contribution >= 4 is 33.7 Å². The zero-order valence-corrected chi connectivity index (χ0v) is 22.9. The van der Waals surface area contributed by atoms with E-state index < -0.39 is 29.7 Å². The average Bonchev–Trinajstić information content (AvgIpc) is 2.88. The first kappa shape index (κ1) is 26.7. The number of benzene rings is 2. The Kier molecular flexibility index (Phi) is 8.17. The van der Waals surface area contributed by atoms with Crippen molar-refractivity contribution in [1.82, 2.24) is 5.32 Å². The second-order valence-electron chi connectivity index (χ2n) is 8.94. The number of Topliss-reactive ketones (excluding diaryl/α,β-unsaturated/α-hetero) is 1. The first-order valence-corrected chi connectivity index (χ1v) is 13.1. The smallest absolute Gasteiger partial charge is 0.336 e. The van der Waals surface area contributed by atoms with Crippen molar-refractivity contribution in [1.29, 1.82) is 0 Å². The fraction of sp³-hybridized carbons (Fsp3) is 0.345. The van der Waals surface area contributed by atoms with E-state index in [9.17, 15) is 14.4 Å². The van der Waals surface area contributed by atoms with E-state index in [-0.39, 0.29) is 19.0 Å². The molecular formula is C29H30BrNO6. The molecule has 2 aromatic carbocycles. The number of methoxy groups -OCH3 is 1. The summed E-state index contributed by atoms with van der Waals surface area (Å²) in [4.78, 5) is 40.6. The van der Waals surface area contributed by atoms with Gasteiger partial charge in [-0.25, -0.2) is 4.79 Å². The molecule has 1 aliphatic heterocycles. The van der Waals surface area contributed by atoms with Gasteiger partial charge in [0.1, 0.15) is 11.7 Å². The number of ether oxygens (including phenoxy) is 3. The van der Waals surface area contributed by atoms with Crippen LogP contribution in [0.25, 0.3) is 0 Å². The Morgan fingerprint density at radius 1 is 0.973 bits per heavy atom. The molecule has 1 heterocycles. The molecule has 0 bridgehead atoms. The van der Waals surface area contributed by atoms with E-state index in [0.717, 1.165) is 15.6 Å². The highest BCUT2D eigenvalue weighted by Gasteiger charge is 2.49. The predicted molar refractivity (Wildman–Crippen MR) is 142 cm³/mol. The molecule has 0 radical (unpaired) electrons. The minimum absolute atomic E-state index is 0.158. The monoisotopic (exact) mass is 567 g/mol. The van der Waals surface area contributed by atoms with Gasteiger partial charge in [-0.1, -0.05) is 40.2 Å². The van der Waals surface area contributed by atoms with Crippen LogP contribution in [0, 0.1) is 5.92 Å². The summed E-state index contributed by atoms with van der Waals surface area (Å²) in [5, 5.41) is 3.31. The summed E-state index contributed by atoms with van der Waals surface area (Å²) in [6.45, 7) is 5.63. The first-order chi connectivity index (χ1) is 17.8. The number of nitrogens with one attached hydrogen (secondary N) is 1. The number of halogens is 1. The van der Waals surface area contributed by atoms with Crippen molar-refractivity contribution in [3.05, 3.63) is 86.7 Å². The topological polar surface area (TPSA) is 90.9 Å². The quantitative estimate of drug-likeness (QED) is 0.364. The van der Waals surface area contributed by atoms with Crippen LogP contribution >= 0.6 is 15.9 Å². The van der Waals surface area contributed by atoms with Gasteiger partial charge >= 0.3 is 11.9 Å². The zero-order chi connectivity index (χ0) is 26.7. The standard InChI is InChI=1S/C29H30BrNO6/c1-5-36-28(33)23-16(3)31-22-15-21(17-9-13-20(35-4)14-10-17)25(29(34)37-6-2)27(32)26(22)24(23)18-7-11-19(30)12-8-18/h7-14,21,24-25,31H,5-6,15H2,1-4H3/t21-,24-,25-/m1/s1. The number of rotatable bonds is 7. The molecule has 0 aromatic heterocycles. The fourth-order valence-electron chi connectivity index (χ4n) is 5.17. The number of carbonyl (C=O) groups excluding carboxylic acids is 3. The molecule has 194 valence electrons. The predicted octanol–water partition coefficient (Wildman–Crippen LogP) is 5.17. The molecular weight excluding hydrogens is 538 g/mol. The molecule has 37 heavy (non-hydrogen) atoms. The number of ketones is 1. The molecule has 1 N–H and O–H groups in total. The summed E-state index contributed by atoms with van der Waals surface area (Å²) in [7, 11) is 1.59. The van der Waals surface area contributed by atoms with E-state index in [1.165, 1.54) is 0 Å². The Bertz CT molecular complexity index is 1260. The molecule has 1 aliphatic carbocycles. The Morgan fingerprint density at radius 3 is 2.19 bits per heavy atom. The third kappa shape index (κ3) is 5.21. The summed E-state index contributed by atoms with van der Waals surface area (Å²) in [6, 6.07) is 14.9. The lowest BCUT2D eigenvalue weighted by molar-refractivity contribution is -0.152. The maximum Gasteiger partial charge on any atom is 0.336 e. The minimum atomic E-state index is -1.05. The van der Waals surface area contributed by atoms with Crippen molar-refractivity contribution in [3.8, 4) is 5.75 Å². The number of hydrogen-bond donors (Lipinski definition) is 1. The van der Waals surface area contributed by atoms with Crippen LogP contribution in [0.3, 0.4) is 0 Å². The molecule has 0 unspecified atom stereocenters. The zero-order valence-electron chi connectivity index (χ0n) is 21.3. The molecule has 7 nitrogen and oxygen atoms in total. The van der Waals surface area contributed by atoms with Crippen LogP contribution in [0.1, 0.15) is 50.2 Å². The molecule has 0 saturated carbocycles. The third-order valence-corrected chi connectivity index (χ3v) is 7.33. The van der Waals surface area contributed by atoms with Crippen molar-refractivity contribution in [2.45, 2.75) is 39.0 Å². The molecule has 0 spiro atoms. The molecule has 0 fully saturated rings. The number of esters is 2. The van der Waals surface area contributed by atoms with E-state index in [0.29, 0.717) is 34.7 Å². The van der Waals surface area contributed by atoms with E-state index >= 15 is 0 Å². The summed E-state index contributed by atoms with van der Waals surface area (Å²) >= 11 is 3.46. The number of hydrogen-bond acceptors (Lipinski definition) is 7. The molecule has 0 amide bonds. The summed E-state index contributed by atoms with van der Waals surface area (Å²) in [6.07, 6.45) is 0.400. The van der Waals surface area contributed by atoms with Crippen LogP contribution in [-0.4, -0.2) is 38.0 Å². The van der Waals surface area contributed by atoms with Gasteiger partial charge in [-0.3, -0.25) is 9.59 Å². The van der Waals surface area contributed by atoms with Gasteiger partial charge in [0.25, 0.3) is 0 Å². The minimum Gasteiger partial charge on any atom is -0.497 e. The Hall–Kier alpha value is -3.39. The van der Waals surface area contributed by atoms with Gasteiger partial charge in [0.15, 0.2) is 5.78 Å². The van der Waals surface area contributed by atoms with Crippen LogP contribution < -0.4 is 10.1 Å². The van der Waals surface area contributed by atoms with E-state index in [1.807, 2.05) is 55.5 Å². The molecule has 0 saturated heterocycles. The fourth-order valence-corrected chi connectivity index (χ4v) is 5.43. The molecule has 8 heteroatoms. The normalized spacial score (nSPS) is 21.2. The van der Waals surface area contributed by atoms with Crippen LogP contribution in [0.15, 0.2) is 75.5 Å². The van der Waals surface area contributed by atoms with Gasteiger partial charge in [0.2, 0.25) is 0 Å². The SMILES string of the molecule is CCOC(=O)C1=C(C)NC2=C(C(=O)[C@H](C(=O)OCC)[C@@H](c3ccc(OC)cc3)C2)[C@@H]1c1ccc(Br)cc1. The average molecular weight is 568 g/mol. The molecule has 3 atom stereocenters. The van der Waals surface area contributed by atoms with Gasteiger partial charge < -0.3 is 19.5 Å². The lowest BCUT2D eigenvalue weighted by Crippen LogP contribution is -2.43. The van der Waals surface area contributed by atoms with Crippen molar-refractivity contribution in [2.24, 2.45) is 5.92 Å². The summed E-state index contributed by atoms with van der Waals surface area (Å²) < 4.78 is 16.9. The van der Waals surface area contributed by atoms with Gasteiger partial charge in [-0.05, 0) is 62.6 Å². The molecule has 2 aromatic rings. The van der Waals surface area contributed by atoms with Crippen molar-refractivity contribution < 1.29 is 28.6 Å². The van der Waals surface area contributed by atoms with Crippen LogP contribution in [0.2, 0.25) is 0 Å². The molecule has 4 rings (SSSR count). The summed E-state index contributed by atoms with van der Waals surface area (Å²) in [5.74, 6) is -2.90. The maximum absolute atomic E-state index is 14.3. The maximum atomic E-state index is 14.3. The highest BCUT2D eigenvalue weighted by atomic mass is 79.9. The van der Waals surface area contributed by atoms with E-state index in [1.54, 1.807) is 21.0 Å².